The van der Waals surface area contributed by atoms with Gasteiger partial charge < -0.3 is 20.9 Å². The third kappa shape index (κ3) is 4.29. The molecule has 1 saturated heterocycles. The van der Waals surface area contributed by atoms with Gasteiger partial charge in [0.2, 0.25) is 5.95 Å². The van der Waals surface area contributed by atoms with Gasteiger partial charge >= 0.3 is 4.87 Å². The molecule has 0 aliphatic carbocycles. The van der Waals surface area contributed by atoms with Gasteiger partial charge in [-0.2, -0.15) is 4.98 Å². The number of hydrogen-bond donors (Lipinski definition) is 4. The number of fused-ring (bicyclic) bond motifs is 1. The normalized spacial score (nSPS) is 23.3. The number of rotatable bonds is 7. The molecule has 1 unspecified atom stereocenters. The summed E-state index contributed by atoms with van der Waals surface area (Å²) in [7, 11) is 0. The molecule has 1 aromatic carbocycles. The van der Waals surface area contributed by atoms with E-state index in [9.17, 15) is 14.7 Å². The standard InChI is InChI=1S/C21H27N5O4S/c1-3-14(27)15-9-13(11(2)23-10-12-7-5-4-6-8-12)19(30-15)26-17-16(31-21(26)29)18(28)25-20(22)24-17/h4-8,11,13-15,19,23,27H,3,9-10H2,1-2H3,(H3,22,24,25,28)/t11-,13-,14-,15?,19+/m0/s1. The zero-order chi connectivity index (χ0) is 22.1. The smallest absolute Gasteiger partial charge is 0.311 e. The summed E-state index contributed by atoms with van der Waals surface area (Å²) in [6.45, 7) is 4.59. The predicted octanol–water partition coefficient (Wildman–Crippen LogP) is 1.58. The second-order valence-corrected chi connectivity index (χ2v) is 8.90. The van der Waals surface area contributed by atoms with E-state index in [2.05, 4.69) is 15.3 Å². The van der Waals surface area contributed by atoms with E-state index in [0.29, 0.717) is 19.4 Å². The number of aliphatic hydroxyl groups is 1. The number of aliphatic hydroxyl groups excluding tert-OH is 1. The minimum atomic E-state index is -0.667. The Morgan fingerprint density at radius 1 is 1.39 bits per heavy atom. The van der Waals surface area contributed by atoms with Crippen LogP contribution < -0.4 is 21.5 Å². The number of nitrogens with two attached hydrogens (primary N) is 1. The lowest BCUT2D eigenvalue weighted by Gasteiger charge is -2.26. The van der Waals surface area contributed by atoms with Crippen molar-refractivity contribution in [3.63, 3.8) is 0 Å². The number of aromatic nitrogens is 3. The van der Waals surface area contributed by atoms with Crippen LogP contribution in [0.15, 0.2) is 39.9 Å². The second-order valence-electron chi connectivity index (χ2n) is 7.94. The first-order valence-electron chi connectivity index (χ1n) is 10.4. The molecule has 5 N–H and O–H groups in total. The van der Waals surface area contributed by atoms with Crippen LogP contribution in [0, 0.1) is 5.92 Å². The first kappa shape index (κ1) is 21.7. The molecule has 0 spiro atoms. The van der Waals surface area contributed by atoms with Gasteiger partial charge in [0, 0.05) is 18.5 Å². The number of ether oxygens (including phenoxy) is 1. The SMILES string of the molecule is CC[C@H](O)C1C[C@@H]([C@H](C)NCc2ccccc2)[C@H](n2c(=O)sc3c(=O)[nH]c(N)nc32)O1. The van der Waals surface area contributed by atoms with E-state index in [4.69, 9.17) is 10.5 Å². The molecule has 9 nitrogen and oxygen atoms in total. The number of aromatic amines is 1. The van der Waals surface area contributed by atoms with Crippen molar-refractivity contribution in [2.24, 2.45) is 5.92 Å². The zero-order valence-electron chi connectivity index (χ0n) is 17.4. The Labute approximate surface area is 182 Å². The lowest BCUT2D eigenvalue weighted by atomic mass is 9.93. The van der Waals surface area contributed by atoms with Crippen molar-refractivity contribution in [3.8, 4) is 0 Å². The second kappa shape index (κ2) is 8.91. The summed E-state index contributed by atoms with van der Waals surface area (Å²) >= 11 is 0.823. The highest BCUT2D eigenvalue weighted by atomic mass is 32.1. The summed E-state index contributed by atoms with van der Waals surface area (Å²) in [5.74, 6) is -0.174. The number of anilines is 1. The molecule has 3 aromatic rings. The summed E-state index contributed by atoms with van der Waals surface area (Å²) in [6, 6.07) is 10.0. The number of nitrogens with one attached hydrogen (secondary N) is 2. The Bertz CT molecular complexity index is 1160. The van der Waals surface area contributed by atoms with Gasteiger partial charge in [0.15, 0.2) is 5.65 Å². The topological polar surface area (TPSA) is 135 Å². The maximum absolute atomic E-state index is 12.9. The minimum absolute atomic E-state index is 0.0274. The van der Waals surface area contributed by atoms with E-state index in [-0.39, 0.29) is 33.1 Å². The highest BCUT2D eigenvalue weighted by Crippen LogP contribution is 2.39. The molecule has 0 saturated carbocycles. The molecular formula is C21H27N5O4S. The summed E-state index contributed by atoms with van der Waals surface area (Å²) < 4.78 is 7.83. The summed E-state index contributed by atoms with van der Waals surface area (Å²) in [6.07, 6.45) is -0.608. The molecule has 3 heterocycles. The summed E-state index contributed by atoms with van der Waals surface area (Å²) in [5.41, 5.74) is 6.65. The lowest BCUT2D eigenvalue weighted by molar-refractivity contribution is -0.0671. The zero-order valence-corrected chi connectivity index (χ0v) is 18.3. The Morgan fingerprint density at radius 3 is 2.84 bits per heavy atom. The van der Waals surface area contributed by atoms with Crippen LogP contribution in [0.5, 0.6) is 0 Å². The van der Waals surface area contributed by atoms with Gasteiger partial charge in [0.25, 0.3) is 5.56 Å². The van der Waals surface area contributed by atoms with Gasteiger partial charge in [-0.3, -0.25) is 19.1 Å². The molecule has 1 fully saturated rings. The summed E-state index contributed by atoms with van der Waals surface area (Å²) in [4.78, 5) is 31.4. The maximum Gasteiger partial charge on any atom is 0.311 e. The van der Waals surface area contributed by atoms with Crippen LogP contribution in [0.25, 0.3) is 10.3 Å². The highest BCUT2D eigenvalue weighted by molar-refractivity contribution is 7.16. The fourth-order valence-electron chi connectivity index (χ4n) is 4.13. The third-order valence-corrected chi connectivity index (χ3v) is 6.84. The maximum atomic E-state index is 12.9. The van der Waals surface area contributed by atoms with E-state index in [0.717, 1.165) is 16.9 Å². The fraction of sp³-hybridized carbons (Fsp3) is 0.476. The molecular weight excluding hydrogens is 418 g/mol. The van der Waals surface area contributed by atoms with Crippen molar-refractivity contribution in [2.45, 2.75) is 57.7 Å². The molecule has 31 heavy (non-hydrogen) atoms. The van der Waals surface area contributed by atoms with Crippen molar-refractivity contribution in [3.05, 3.63) is 55.9 Å². The van der Waals surface area contributed by atoms with E-state index in [1.54, 1.807) is 0 Å². The molecule has 166 valence electrons. The van der Waals surface area contributed by atoms with Crippen molar-refractivity contribution >= 4 is 27.6 Å². The highest BCUT2D eigenvalue weighted by Gasteiger charge is 2.43. The van der Waals surface area contributed by atoms with Gasteiger partial charge in [-0.1, -0.05) is 48.6 Å². The Balaban J connectivity index is 1.68. The Kier molecular flexibility index (Phi) is 6.24. The summed E-state index contributed by atoms with van der Waals surface area (Å²) in [5, 5.41) is 13.9. The largest absolute Gasteiger partial charge is 0.390 e. The molecule has 0 bridgehead atoms. The van der Waals surface area contributed by atoms with E-state index in [1.165, 1.54) is 4.57 Å². The first-order valence-corrected chi connectivity index (χ1v) is 11.2. The third-order valence-electron chi connectivity index (χ3n) is 5.89. The van der Waals surface area contributed by atoms with Crippen LogP contribution in [0.4, 0.5) is 5.95 Å². The van der Waals surface area contributed by atoms with Gasteiger partial charge in [-0.25, -0.2) is 0 Å². The Hall–Kier alpha value is -2.53. The number of H-pyrrole nitrogens is 1. The van der Waals surface area contributed by atoms with Gasteiger partial charge in [-0.05, 0) is 25.3 Å². The molecule has 1 aliphatic heterocycles. The van der Waals surface area contributed by atoms with Crippen LogP contribution in [-0.2, 0) is 11.3 Å². The molecule has 0 radical (unpaired) electrons. The van der Waals surface area contributed by atoms with Crippen molar-refractivity contribution in [1.82, 2.24) is 19.9 Å². The number of thiazole rings is 1. The predicted molar refractivity (Wildman–Crippen MR) is 120 cm³/mol. The number of nitrogens with zero attached hydrogens (tertiary/aromatic N) is 2. The number of benzene rings is 1. The lowest BCUT2D eigenvalue weighted by Crippen LogP contribution is -2.38. The average Bonchev–Trinajstić information content (AvgIpc) is 3.33. The fourth-order valence-corrected chi connectivity index (χ4v) is 4.97. The van der Waals surface area contributed by atoms with E-state index < -0.39 is 24.0 Å². The molecule has 4 rings (SSSR count). The molecule has 0 amide bonds. The molecule has 10 heteroatoms. The van der Waals surface area contributed by atoms with Gasteiger partial charge in [-0.15, -0.1) is 0 Å². The van der Waals surface area contributed by atoms with Crippen LogP contribution in [-0.4, -0.2) is 37.9 Å². The monoisotopic (exact) mass is 445 g/mol. The van der Waals surface area contributed by atoms with Crippen molar-refractivity contribution in [2.75, 3.05) is 5.73 Å². The molecule has 5 atom stereocenters. The van der Waals surface area contributed by atoms with E-state index in [1.807, 2.05) is 44.2 Å². The van der Waals surface area contributed by atoms with Crippen LogP contribution in [0.1, 0.15) is 38.5 Å². The van der Waals surface area contributed by atoms with Crippen molar-refractivity contribution in [1.29, 1.82) is 0 Å². The van der Waals surface area contributed by atoms with Crippen LogP contribution in [0.3, 0.4) is 0 Å². The Morgan fingerprint density at radius 2 is 2.13 bits per heavy atom. The minimum Gasteiger partial charge on any atom is -0.390 e. The molecule has 2 aromatic heterocycles. The first-order chi connectivity index (χ1) is 14.9. The van der Waals surface area contributed by atoms with E-state index >= 15 is 0 Å². The number of nitrogen functional groups attached to an aromatic ring is 1. The van der Waals surface area contributed by atoms with Gasteiger partial charge in [0.1, 0.15) is 10.9 Å². The van der Waals surface area contributed by atoms with Crippen LogP contribution in [0.2, 0.25) is 0 Å². The van der Waals surface area contributed by atoms with Gasteiger partial charge in [0.05, 0.1) is 12.2 Å². The quantitative estimate of drug-likeness (QED) is 0.434. The molecule has 1 aliphatic rings. The number of hydrogen-bond acceptors (Lipinski definition) is 8. The van der Waals surface area contributed by atoms with Crippen LogP contribution >= 0.6 is 11.3 Å². The average molecular weight is 446 g/mol. The van der Waals surface area contributed by atoms with Crippen molar-refractivity contribution < 1.29 is 9.84 Å².